The van der Waals surface area contributed by atoms with Crippen LogP contribution < -0.4 is 0 Å². The van der Waals surface area contributed by atoms with Gasteiger partial charge >= 0.3 is 18.3 Å². The molecular formula is C11H11F4NO3S. The Morgan fingerprint density at radius 2 is 2.25 bits per heavy atom. The van der Waals surface area contributed by atoms with Crippen molar-refractivity contribution < 1.29 is 32.2 Å². The number of ether oxygens (including phenoxy) is 1. The number of nitrogens with zero attached hydrogens (tertiary/aromatic N) is 1. The Bertz CT molecular complexity index is 506. The summed E-state index contributed by atoms with van der Waals surface area (Å²) in [6.45, 7) is -1.72. The molecule has 0 fully saturated rings. The van der Waals surface area contributed by atoms with Gasteiger partial charge in [-0.05, 0) is 12.8 Å². The first-order chi connectivity index (χ1) is 9.31. The number of carboxylic acid groups (broad SMARTS) is 1. The number of hydrogen-bond donors (Lipinski definition) is 1. The molecule has 1 aromatic rings. The van der Waals surface area contributed by atoms with Gasteiger partial charge in [-0.3, -0.25) is 4.79 Å². The molecule has 1 N–H and O–H groups in total. The van der Waals surface area contributed by atoms with E-state index in [1.807, 2.05) is 0 Å². The van der Waals surface area contributed by atoms with Gasteiger partial charge in [0.25, 0.3) is 0 Å². The minimum absolute atomic E-state index is 0.325. The van der Waals surface area contributed by atoms with Gasteiger partial charge in [-0.1, -0.05) is 0 Å². The Balaban J connectivity index is 1.93. The lowest BCUT2D eigenvalue weighted by Crippen LogP contribution is -2.32. The van der Waals surface area contributed by atoms with Crippen molar-refractivity contribution >= 4 is 17.3 Å². The lowest BCUT2D eigenvalue weighted by Gasteiger charge is -2.14. The minimum Gasteiger partial charge on any atom is -0.481 e. The minimum atomic E-state index is -4.19. The van der Waals surface area contributed by atoms with E-state index < -0.39 is 30.8 Å². The van der Waals surface area contributed by atoms with Crippen LogP contribution in [0.15, 0.2) is 0 Å². The lowest BCUT2D eigenvalue weighted by molar-refractivity contribution is -0.168. The van der Waals surface area contributed by atoms with Gasteiger partial charge in [-0.15, -0.1) is 11.3 Å². The van der Waals surface area contributed by atoms with Crippen LogP contribution in [0.2, 0.25) is 0 Å². The summed E-state index contributed by atoms with van der Waals surface area (Å²) in [6, 6.07) is 0. The third-order valence-corrected chi connectivity index (χ3v) is 4.00. The van der Waals surface area contributed by atoms with Gasteiger partial charge < -0.3 is 9.84 Å². The standard InChI is InChI=1S/C11H11F4NO3S/c12-10(13)11(14,15)4-19-3-7-16-8-5(9(17)18)1-2-6(8)20-7/h5,10H,1-4H2,(H,17,18). The van der Waals surface area contributed by atoms with Crippen LogP contribution in [0, 0.1) is 0 Å². The maximum absolute atomic E-state index is 12.6. The van der Waals surface area contributed by atoms with Gasteiger partial charge in [0.05, 0.1) is 12.3 Å². The summed E-state index contributed by atoms with van der Waals surface area (Å²) in [7, 11) is 0. The molecule has 1 aromatic heterocycles. The average molecular weight is 313 g/mol. The van der Waals surface area contributed by atoms with Gasteiger partial charge in [0, 0.05) is 4.88 Å². The predicted octanol–water partition coefficient (Wildman–Crippen LogP) is 2.67. The highest BCUT2D eigenvalue weighted by Crippen LogP contribution is 2.36. The Labute approximate surface area is 115 Å². The summed E-state index contributed by atoms with van der Waals surface area (Å²) < 4.78 is 53.6. The zero-order valence-corrected chi connectivity index (χ0v) is 10.9. The summed E-state index contributed by atoms with van der Waals surface area (Å²) in [5.41, 5.74) is 0.432. The molecule has 1 aliphatic rings. The topological polar surface area (TPSA) is 59.4 Å². The lowest BCUT2D eigenvalue weighted by atomic mass is 10.1. The molecule has 1 atom stereocenters. The highest BCUT2D eigenvalue weighted by atomic mass is 32.1. The number of carbonyl (C=O) groups is 1. The highest BCUT2D eigenvalue weighted by molar-refractivity contribution is 7.11. The number of fused-ring (bicyclic) bond motifs is 1. The van der Waals surface area contributed by atoms with E-state index in [1.54, 1.807) is 0 Å². The summed E-state index contributed by atoms with van der Waals surface area (Å²) in [6.07, 6.45) is -2.74. The first kappa shape index (κ1) is 15.2. The van der Waals surface area contributed by atoms with Crippen LogP contribution in [0.4, 0.5) is 17.6 Å². The van der Waals surface area contributed by atoms with Crippen molar-refractivity contribution in [3.8, 4) is 0 Å². The maximum Gasteiger partial charge on any atom is 0.330 e. The van der Waals surface area contributed by atoms with Crippen LogP contribution in [-0.2, 0) is 22.6 Å². The van der Waals surface area contributed by atoms with E-state index in [0.717, 1.165) is 4.88 Å². The molecule has 0 aromatic carbocycles. The number of rotatable bonds is 6. The molecule has 0 saturated heterocycles. The number of thiazole rings is 1. The van der Waals surface area contributed by atoms with Crippen molar-refractivity contribution in [2.45, 2.75) is 37.7 Å². The monoisotopic (exact) mass is 313 g/mol. The van der Waals surface area contributed by atoms with Gasteiger partial charge in [0.15, 0.2) is 0 Å². The molecule has 0 aliphatic heterocycles. The smallest absolute Gasteiger partial charge is 0.330 e. The number of carboxylic acids is 1. The molecule has 1 aliphatic carbocycles. The van der Waals surface area contributed by atoms with Gasteiger partial charge in [0.1, 0.15) is 17.5 Å². The molecule has 20 heavy (non-hydrogen) atoms. The second-order valence-electron chi connectivity index (χ2n) is 4.40. The SMILES string of the molecule is O=C(O)C1CCc2sc(COCC(F)(F)C(F)F)nc21. The fourth-order valence-electron chi connectivity index (χ4n) is 1.92. The largest absolute Gasteiger partial charge is 0.481 e. The molecule has 4 nitrogen and oxygen atoms in total. The summed E-state index contributed by atoms with van der Waals surface area (Å²) in [4.78, 5) is 15.8. The molecular weight excluding hydrogens is 302 g/mol. The fourth-order valence-corrected chi connectivity index (χ4v) is 3.00. The maximum atomic E-state index is 12.6. The second kappa shape index (κ2) is 5.65. The molecule has 1 unspecified atom stereocenters. The average Bonchev–Trinajstić information content (AvgIpc) is 2.87. The number of aliphatic carboxylic acids is 1. The number of aryl methyl sites for hydroxylation is 1. The summed E-state index contributed by atoms with van der Waals surface area (Å²) in [5.74, 6) is -5.85. The van der Waals surface area contributed by atoms with E-state index in [4.69, 9.17) is 5.11 Å². The Morgan fingerprint density at radius 1 is 1.55 bits per heavy atom. The molecule has 1 heterocycles. The third-order valence-electron chi connectivity index (χ3n) is 2.90. The van der Waals surface area contributed by atoms with E-state index in [0.29, 0.717) is 23.5 Å². The van der Waals surface area contributed by atoms with Crippen molar-refractivity contribution in [2.75, 3.05) is 6.61 Å². The van der Waals surface area contributed by atoms with Crippen molar-refractivity contribution in [3.63, 3.8) is 0 Å². The van der Waals surface area contributed by atoms with E-state index in [2.05, 4.69) is 9.72 Å². The molecule has 9 heteroatoms. The van der Waals surface area contributed by atoms with Crippen LogP contribution in [0.25, 0.3) is 0 Å². The Morgan fingerprint density at radius 3 is 2.85 bits per heavy atom. The zero-order valence-electron chi connectivity index (χ0n) is 10.1. The van der Waals surface area contributed by atoms with Crippen molar-refractivity contribution in [1.29, 1.82) is 0 Å². The van der Waals surface area contributed by atoms with Gasteiger partial charge in [-0.2, -0.15) is 8.78 Å². The van der Waals surface area contributed by atoms with E-state index in [9.17, 15) is 22.4 Å². The number of hydrogen-bond acceptors (Lipinski definition) is 4. The molecule has 0 bridgehead atoms. The number of halogens is 4. The van der Waals surface area contributed by atoms with E-state index in [1.165, 1.54) is 11.3 Å². The first-order valence-corrected chi connectivity index (χ1v) is 6.58. The predicted molar refractivity (Wildman–Crippen MR) is 61.4 cm³/mol. The molecule has 0 spiro atoms. The number of alkyl halides is 4. The zero-order chi connectivity index (χ0) is 14.9. The Kier molecular flexibility index (Phi) is 4.28. The highest BCUT2D eigenvalue weighted by Gasteiger charge is 2.41. The fraction of sp³-hybridized carbons (Fsp3) is 0.636. The molecule has 2 rings (SSSR count). The number of aromatic nitrogens is 1. The van der Waals surface area contributed by atoms with Crippen molar-refractivity contribution in [1.82, 2.24) is 4.98 Å². The van der Waals surface area contributed by atoms with E-state index in [-0.39, 0.29) is 6.61 Å². The molecule has 112 valence electrons. The first-order valence-electron chi connectivity index (χ1n) is 5.76. The molecule has 0 amide bonds. The van der Waals surface area contributed by atoms with Gasteiger partial charge in [0.2, 0.25) is 0 Å². The second-order valence-corrected chi connectivity index (χ2v) is 5.57. The normalized spacial score (nSPS) is 18.6. The Hall–Kier alpha value is -1.22. The molecule has 0 radical (unpaired) electrons. The summed E-state index contributed by atoms with van der Waals surface area (Å²) in [5, 5.41) is 9.29. The van der Waals surface area contributed by atoms with Crippen LogP contribution in [0.3, 0.4) is 0 Å². The van der Waals surface area contributed by atoms with Crippen molar-refractivity contribution in [2.24, 2.45) is 0 Å². The van der Waals surface area contributed by atoms with Crippen LogP contribution in [0.1, 0.15) is 27.9 Å². The summed E-state index contributed by atoms with van der Waals surface area (Å²) >= 11 is 1.17. The van der Waals surface area contributed by atoms with Gasteiger partial charge in [-0.25, -0.2) is 13.8 Å². The van der Waals surface area contributed by atoms with Crippen LogP contribution in [-0.4, -0.2) is 35.0 Å². The van der Waals surface area contributed by atoms with E-state index >= 15 is 0 Å². The third kappa shape index (κ3) is 3.09. The van der Waals surface area contributed by atoms with Crippen molar-refractivity contribution in [3.05, 3.63) is 15.6 Å². The van der Waals surface area contributed by atoms with Crippen LogP contribution in [0.5, 0.6) is 0 Å². The van der Waals surface area contributed by atoms with Crippen LogP contribution >= 0.6 is 11.3 Å². The molecule has 0 saturated carbocycles. The quantitative estimate of drug-likeness (QED) is 0.820.